The monoisotopic (exact) mass is 336 g/mol. The first-order chi connectivity index (χ1) is 6.50. The van der Waals surface area contributed by atoms with Crippen molar-refractivity contribution in [1.29, 1.82) is 0 Å². The van der Waals surface area contributed by atoms with Crippen LogP contribution in [0.4, 0.5) is 0 Å². The third-order valence-electron chi connectivity index (χ3n) is 1.70. The lowest BCUT2D eigenvalue weighted by atomic mass is 10.1. The maximum absolute atomic E-state index is 10.6. The fourth-order valence-corrected chi connectivity index (χ4v) is 1.78. The molecule has 0 bridgehead atoms. The summed E-state index contributed by atoms with van der Waals surface area (Å²) in [5.41, 5.74) is 1.81. The lowest BCUT2D eigenvalue weighted by Gasteiger charge is -2.02. The van der Waals surface area contributed by atoms with Gasteiger partial charge in [-0.1, -0.05) is 6.07 Å². The third kappa shape index (κ3) is 3.23. The number of rotatable bonds is 2. The molecule has 0 aliphatic rings. The topological polar surface area (TPSA) is 17.1 Å². The van der Waals surface area contributed by atoms with E-state index in [1.54, 1.807) is 0 Å². The quantitative estimate of drug-likeness (QED) is 0.578. The second kappa shape index (κ2) is 5.10. The van der Waals surface area contributed by atoms with E-state index in [0.29, 0.717) is 0 Å². The van der Waals surface area contributed by atoms with Crippen LogP contribution in [0.3, 0.4) is 0 Å². The molecule has 0 atom stereocenters. The van der Waals surface area contributed by atoms with E-state index in [0.717, 1.165) is 20.1 Å². The Balaban J connectivity index is 3.09. The summed E-state index contributed by atoms with van der Waals surface area (Å²) in [4.78, 5) is 10.6. The van der Waals surface area contributed by atoms with Crippen LogP contribution in [0.15, 0.2) is 33.2 Å². The molecule has 0 aliphatic carbocycles. The van der Waals surface area contributed by atoms with E-state index >= 15 is 0 Å². The van der Waals surface area contributed by atoms with E-state index in [1.807, 2.05) is 25.1 Å². The van der Waals surface area contributed by atoms with Crippen molar-refractivity contribution >= 4 is 54.3 Å². The number of hydrogen-bond acceptors (Lipinski definition) is 1. The Morgan fingerprint density at radius 3 is 2.50 bits per heavy atom. The summed E-state index contributed by atoms with van der Waals surface area (Å²) in [6.45, 7) is 1.84. The van der Waals surface area contributed by atoms with E-state index in [2.05, 4.69) is 31.9 Å². The van der Waals surface area contributed by atoms with Gasteiger partial charge in [-0.3, -0.25) is 4.79 Å². The fourth-order valence-electron chi connectivity index (χ4n) is 0.995. The number of hydrogen-bond donors (Lipinski definition) is 0. The van der Waals surface area contributed by atoms with Gasteiger partial charge in [-0.05, 0) is 73.7 Å². The van der Waals surface area contributed by atoms with Crippen molar-refractivity contribution in [3.05, 3.63) is 38.8 Å². The number of allylic oxidation sites excluding steroid dienone is 2. The number of benzene rings is 1. The molecule has 0 fully saturated rings. The summed E-state index contributed by atoms with van der Waals surface area (Å²) < 4.78 is 1.93. The SMILES string of the molecule is C/C(=C/C(=O)Cl)c1ccc(Br)c(Br)c1. The van der Waals surface area contributed by atoms with Crippen molar-refractivity contribution in [1.82, 2.24) is 0 Å². The Labute approximate surface area is 104 Å². The molecule has 0 N–H and O–H groups in total. The van der Waals surface area contributed by atoms with E-state index in [1.165, 1.54) is 6.08 Å². The van der Waals surface area contributed by atoms with Crippen LogP contribution in [-0.4, -0.2) is 5.24 Å². The Morgan fingerprint density at radius 2 is 2.00 bits per heavy atom. The zero-order valence-electron chi connectivity index (χ0n) is 7.35. The molecular formula is C10H7Br2ClO. The highest BCUT2D eigenvalue weighted by Gasteiger charge is 2.01. The molecule has 0 saturated carbocycles. The summed E-state index contributed by atoms with van der Waals surface area (Å²) >= 11 is 12.0. The van der Waals surface area contributed by atoms with Crippen molar-refractivity contribution in [3.63, 3.8) is 0 Å². The lowest BCUT2D eigenvalue weighted by Crippen LogP contribution is -1.84. The number of carbonyl (C=O) groups is 1. The highest BCUT2D eigenvalue weighted by atomic mass is 79.9. The van der Waals surface area contributed by atoms with Gasteiger partial charge in [0.1, 0.15) is 0 Å². The summed E-state index contributed by atoms with van der Waals surface area (Å²) in [5.74, 6) is 0. The predicted octanol–water partition coefficient (Wildman–Crippen LogP) is 4.38. The second-order valence-corrected chi connectivity index (χ2v) is 4.84. The molecule has 0 amide bonds. The fraction of sp³-hybridized carbons (Fsp3) is 0.100. The molecule has 0 heterocycles. The average molecular weight is 338 g/mol. The van der Waals surface area contributed by atoms with Crippen molar-refractivity contribution < 1.29 is 4.79 Å². The van der Waals surface area contributed by atoms with Gasteiger partial charge in [-0.2, -0.15) is 0 Å². The first-order valence-corrected chi connectivity index (χ1v) is 5.80. The van der Waals surface area contributed by atoms with Gasteiger partial charge < -0.3 is 0 Å². The van der Waals surface area contributed by atoms with Crippen LogP contribution in [0.25, 0.3) is 5.57 Å². The van der Waals surface area contributed by atoms with Crippen LogP contribution < -0.4 is 0 Å². The van der Waals surface area contributed by atoms with Crippen LogP contribution in [0.5, 0.6) is 0 Å². The molecular weight excluding hydrogens is 331 g/mol. The van der Waals surface area contributed by atoms with Crippen LogP contribution in [0, 0.1) is 0 Å². The Bertz CT molecular complexity index is 399. The van der Waals surface area contributed by atoms with Gasteiger partial charge in [0.2, 0.25) is 5.24 Å². The van der Waals surface area contributed by atoms with E-state index in [9.17, 15) is 4.79 Å². The molecule has 14 heavy (non-hydrogen) atoms. The maximum atomic E-state index is 10.6. The summed E-state index contributed by atoms with van der Waals surface area (Å²) in [6.07, 6.45) is 1.40. The minimum absolute atomic E-state index is 0.457. The zero-order valence-corrected chi connectivity index (χ0v) is 11.3. The Kier molecular flexibility index (Phi) is 4.35. The molecule has 0 spiro atoms. The summed E-state index contributed by atoms with van der Waals surface area (Å²) in [5, 5.41) is -0.457. The maximum Gasteiger partial charge on any atom is 0.245 e. The van der Waals surface area contributed by atoms with Crippen LogP contribution >= 0.6 is 43.5 Å². The summed E-state index contributed by atoms with van der Waals surface area (Å²) in [7, 11) is 0. The molecule has 0 aromatic heterocycles. The predicted molar refractivity (Wildman–Crippen MR) is 66.4 cm³/mol. The molecule has 0 saturated heterocycles. The Hall–Kier alpha value is -0.120. The molecule has 74 valence electrons. The van der Waals surface area contributed by atoms with Crippen molar-refractivity contribution in [2.75, 3.05) is 0 Å². The molecule has 0 radical (unpaired) electrons. The molecule has 1 rings (SSSR count). The van der Waals surface area contributed by atoms with E-state index in [4.69, 9.17) is 11.6 Å². The van der Waals surface area contributed by atoms with Gasteiger partial charge in [0.25, 0.3) is 0 Å². The van der Waals surface area contributed by atoms with Crippen molar-refractivity contribution in [2.24, 2.45) is 0 Å². The van der Waals surface area contributed by atoms with Gasteiger partial charge in [-0.25, -0.2) is 0 Å². The molecule has 1 aromatic rings. The normalized spacial score (nSPS) is 11.6. The lowest BCUT2D eigenvalue weighted by molar-refractivity contribution is -0.107. The van der Waals surface area contributed by atoms with Gasteiger partial charge in [0, 0.05) is 15.0 Å². The minimum atomic E-state index is -0.457. The number of halogens is 3. The molecule has 4 heteroatoms. The van der Waals surface area contributed by atoms with E-state index < -0.39 is 5.24 Å². The smallest absolute Gasteiger partial charge is 0.245 e. The van der Waals surface area contributed by atoms with Gasteiger partial charge in [0.15, 0.2) is 0 Å². The first kappa shape index (κ1) is 12.0. The van der Waals surface area contributed by atoms with Crippen molar-refractivity contribution in [2.45, 2.75) is 6.92 Å². The third-order valence-corrected chi connectivity index (χ3v) is 3.69. The summed E-state index contributed by atoms with van der Waals surface area (Å²) in [6, 6.07) is 5.76. The first-order valence-electron chi connectivity index (χ1n) is 3.84. The van der Waals surface area contributed by atoms with Gasteiger partial charge in [0.05, 0.1) is 0 Å². The zero-order chi connectivity index (χ0) is 10.7. The van der Waals surface area contributed by atoms with E-state index in [-0.39, 0.29) is 0 Å². The van der Waals surface area contributed by atoms with Crippen molar-refractivity contribution in [3.8, 4) is 0 Å². The molecule has 0 aliphatic heterocycles. The molecule has 0 unspecified atom stereocenters. The minimum Gasteiger partial charge on any atom is -0.276 e. The average Bonchev–Trinajstić information content (AvgIpc) is 2.08. The van der Waals surface area contributed by atoms with Gasteiger partial charge >= 0.3 is 0 Å². The Morgan fingerprint density at radius 1 is 1.36 bits per heavy atom. The van der Waals surface area contributed by atoms with Crippen LogP contribution in [-0.2, 0) is 4.79 Å². The molecule has 1 aromatic carbocycles. The van der Waals surface area contributed by atoms with Gasteiger partial charge in [-0.15, -0.1) is 0 Å². The van der Waals surface area contributed by atoms with Crippen LogP contribution in [0.2, 0.25) is 0 Å². The number of carbonyl (C=O) groups excluding carboxylic acids is 1. The highest BCUT2D eigenvalue weighted by molar-refractivity contribution is 9.13. The van der Waals surface area contributed by atoms with Crippen LogP contribution in [0.1, 0.15) is 12.5 Å². The second-order valence-electron chi connectivity index (χ2n) is 2.76. The highest BCUT2D eigenvalue weighted by Crippen LogP contribution is 2.26. The molecule has 1 nitrogen and oxygen atoms in total. The largest absolute Gasteiger partial charge is 0.276 e. The standard InChI is InChI=1S/C10H7Br2ClO/c1-6(4-10(13)14)7-2-3-8(11)9(12)5-7/h2-5H,1H3/b6-4-.